The highest BCUT2D eigenvalue weighted by atomic mass is 32.1. The molecule has 3 rings (SSSR count). The number of amides is 1. The van der Waals surface area contributed by atoms with Crippen LogP contribution < -0.4 is 10.6 Å². The number of carbonyl (C=O) groups is 1. The van der Waals surface area contributed by atoms with Gasteiger partial charge >= 0.3 is 6.18 Å². The number of carbonyl (C=O) groups excluding carboxylic acids is 1. The van der Waals surface area contributed by atoms with E-state index in [0.29, 0.717) is 0 Å². The standard InChI is InChI=1S/C20H17F3N2OS/c21-20(22,23)15-8-4-9-16(12-15)25-18(26)13-24-19(17-10-5-11-27-17)14-6-2-1-3-7-14/h1-12,19,24H,13H2,(H,25,26)/p+1/t19-/m0/s1. The number of alkyl halides is 3. The van der Waals surface area contributed by atoms with Crippen LogP contribution in [0.4, 0.5) is 18.9 Å². The maximum atomic E-state index is 12.8. The van der Waals surface area contributed by atoms with E-state index < -0.39 is 11.7 Å². The molecule has 1 atom stereocenters. The van der Waals surface area contributed by atoms with Gasteiger partial charge < -0.3 is 10.6 Å². The second-order valence-corrected chi connectivity index (χ2v) is 6.95. The molecule has 1 amide bonds. The molecule has 1 aromatic heterocycles. The number of anilines is 1. The summed E-state index contributed by atoms with van der Waals surface area (Å²) in [5.41, 5.74) is 0.410. The number of hydrogen-bond acceptors (Lipinski definition) is 2. The number of hydrogen-bond donors (Lipinski definition) is 2. The predicted octanol–water partition coefficient (Wildman–Crippen LogP) is 4.06. The predicted molar refractivity (Wildman–Crippen MR) is 99.5 cm³/mol. The van der Waals surface area contributed by atoms with Gasteiger partial charge in [-0.05, 0) is 29.6 Å². The molecule has 0 saturated heterocycles. The van der Waals surface area contributed by atoms with E-state index in [2.05, 4.69) is 5.32 Å². The van der Waals surface area contributed by atoms with Crippen LogP contribution in [-0.2, 0) is 11.0 Å². The average Bonchev–Trinajstić information content (AvgIpc) is 3.17. The van der Waals surface area contributed by atoms with E-state index in [1.165, 1.54) is 12.1 Å². The van der Waals surface area contributed by atoms with Crippen LogP contribution in [0.2, 0.25) is 0 Å². The summed E-state index contributed by atoms with van der Waals surface area (Å²) in [4.78, 5) is 13.4. The minimum Gasteiger partial charge on any atom is -0.328 e. The summed E-state index contributed by atoms with van der Waals surface area (Å²) in [5, 5.41) is 6.39. The molecule has 0 aliphatic carbocycles. The first-order chi connectivity index (χ1) is 12.9. The Bertz CT molecular complexity index is 880. The quantitative estimate of drug-likeness (QED) is 0.654. The number of quaternary nitrogens is 1. The lowest BCUT2D eigenvalue weighted by atomic mass is 10.1. The average molecular weight is 391 g/mol. The lowest BCUT2D eigenvalue weighted by Gasteiger charge is -2.15. The largest absolute Gasteiger partial charge is 0.416 e. The molecule has 2 aromatic carbocycles. The second kappa shape index (κ2) is 8.37. The third-order valence-electron chi connectivity index (χ3n) is 4.02. The molecule has 3 N–H and O–H groups in total. The smallest absolute Gasteiger partial charge is 0.328 e. The van der Waals surface area contributed by atoms with E-state index in [0.717, 1.165) is 22.6 Å². The molecule has 0 spiro atoms. The van der Waals surface area contributed by atoms with E-state index >= 15 is 0 Å². The van der Waals surface area contributed by atoms with E-state index in [-0.39, 0.29) is 24.2 Å². The van der Waals surface area contributed by atoms with E-state index in [4.69, 9.17) is 0 Å². The number of nitrogens with one attached hydrogen (secondary N) is 1. The van der Waals surface area contributed by atoms with E-state index in [9.17, 15) is 18.0 Å². The van der Waals surface area contributed by atoms with Crippen LogP contribution in [0, 0.1) is 0 Å². The maximum Gasteiger partial charge on any atom is 0.416 e. The fourth-order valence-electron chi connectivity index (χ4n) is 2.76. The van der Waals surface area contributed by atoms with Crippen molar-refractivity contribution in [1.82, 2.24) is 0 Å². The first kappa shape index (κ1) is 19.1. The van der Waals surface area contributed by atoms with Gasteiger partial charge in [0, 0.05) is 11.3 Å². The van der Waals surface area contributed by atoms with Crippen LogP contribution >= 0.6 is 11.3 Å². The zero-order valence-corrected chi connectivity index (χ0v) is 15.1. The molecular formula is C20H18F3N2OS+. The third-order valence-corrected chi connectivity index (χ3v) is 4.98. The van der Waals surface area contributed by atoms with Gasteiger partial charge in [0.15, 0.2) is 6.54 Å². The molecule has 3 nitrogen and oxygen atoms in total. The molecular weight excluding hydrogens is 373 g/mol. The molecule has 0 aliphatic rings. The molecule has 0 bridgehead atoms. The maximum absolute atomic E-state index is 12.8. The normalized spacial score (nSPS) is 12.6. The molecule has 0 saturated carbocycles. The SMILES string of the molecule is O=C(C[NH2+][C@@H](c1ccccc1)c1cccs1)Nc1cccc(C(F)(F)F)c1. The molecule has 0 radical (unpaired) electrons. The van der Waals surface area contributed by atoms with Crippen LogP contribution in [-0.4, -0.2) is 12.5 Å². The van der Waals surface area contributed by atoms with Crippen molar-refractivity contribution in [1.29, 1.82) is 0 Å². The van der Waals surface area contributed by atoms with Crippen LogP contribution in [0.15, 0.2) is 72.1 Å². The third kappa shape index (κ3) is 5.18. The van der Waals surface area contributed by atoms with Crippen LogP contribution in [0.3, 0.4) is 0 Å². The van der Waals surface area contributed by atoms with E-state index in [1.807, 2.05) is 53.2 Å². The lowest BCUT2D eigenvalue weighted by molar-refractivity contribution is -0.675. The Morgan fingerprint density at radius 3 is 2.48 bits per heavy atom. The first-order valence-corrected chi connectivity index (χ1v) is 9.20. The summed E-state index contributed by atoms with van der Waals surface area (Å²) < 4.78 is 38.4. The van der Waals surface area contributed by atoms with Crippen molar-refractivity contribution < 1.29 is 23.3 Å². The van der Waals surface area contributed by atoms with Crippen LogP contribution in [0.25, 0.3) is 0 Å². The summed E-state index contributed by atoms with van der Waals surface area (Å²) in [7, 11) is 0. The summed E-state index contributed by atoms with van der Waals surface area (Å²) in [5.74, 6) is -0.355. The van der Waals surface area contributed by atoms with Gasteiger partial charge in [-0.3, -0.25) is 4.79 Å². The number of nitrogens with two attached hydrogens (primary N) is 1. The Morgan fingerprint density at radius 1 is 1.04 bits per heavy atom. The van der Waals surface area contributed by atoms with Gasteiger partial charge in [-0.1, -0.05) is 42.5 Å². The summed E-state index contributed by atoms with van der Waals surface area (Å²) in [6.07, 6.45) is -4.44. The van der Waals surface area contributed by atoms with Crippen LogP contribution in [0.5, 0.6) is 0 Å². The second-order valence-electron chi connectivity index (χ2n) is 5.97. The van der Waals surface area contributed by atoms with Gasteiger partial charge in [0.2, 0.25) is 0 Å². The molecule has 1 heterocycles. The van der Waals surface area contributed by atoms with E-state index in [1.54, 1.807) is 11.3 Å². The Balaban J connectivity index is 1.67. The number of halogens is 3. The van der Waals surface area contributed by atoms with Gasteiger partial charge in [0.1, 0.15) is 6.04 Å². The van der Waals surface area contributed by atoms with Crippen molar-refractivity contribution >= 4 is 22.9 Å². The van der Waals surface area contributed by atoms with Crippen molar-refractivity contribution in [3.63, 3.8) is 0 Å². The highest BCUT2D eigenvalue weighted by Gasteiger charge is 2.30. The molecule has 0 aliphatic heterocycles. The van der Waals surface area contributed by atoms with Gasteiger partial charge in [0.05, 0.1) is 10.4 Å². The van der Waals surface area contributed by atoms with Crippen LogP contribution in [0.1, 0.15) is 22.0 Å². The lowest BCUT2D eigenvalue weighted by Crippen LogP contribution is -2.87. The van der Waals surface area contributed by atoms with Crippen molar-refractivity contribution in [2.75, 3.05) is 11.9 Å². The summed E-state index contributed by atoms with van der Waals surface area (Å²) in [6.45, 7) is 0.0910. The first-order valence-electron chi connectivity index (χ1n) is 8.32. The Labute approximate surface area is 158 Å². The minimum absolute atomic E-state index is 0.0431. The Morgan fingerprint density at radius 2 is 1.81 bits per heavy atom. The molecule has 140 valence electrons. The van der Waals surface area contributed by atoms with Crippen molar-refractivity contribution in [2.45, 2.75) is 12.2 Å². The van der Waals surface area contributed by atoms with Crippen molar-refractivity contribution in [3.05, 3.63) is 88.1 Å². The molecule has 0 fully saturated rings. The summed E-state index contributed by atoms with van der Waals surface area (Å²) >= 11 is 1.60. The minimum atomic E-state index is -4.44. The number of thiophene rings is 1. The highest BCUT2D eigenvalue weighted by molar-refractivity contribution is 7.10. The number of rotatable bonds is 6. The zero-order chi connectivity index (χ0) is 19.3. The topological polar surface area (TPSA) is 45.7 Å². The molecule has 7 heteroatoms. The van der Waals surface area contributed by atoms with Crippen molar-refractivity contribution in [3.8, 4) is 0 Å². The molecule has 3 aromatic rings. The monoisotopic (exact) mass is 391 g/mol. The zero-order valence-electron chi connectivity index (χ0n) is 14.2. The fourth-order valence-corrected chi connectivity index (χ4v) is 3.61. The fraction of sp³-hybridized carbons (Fsp3) is 0.150. The number of benzene rings is 2. The summed E-state index contributed by atoms with van der Waals surface area (Å²) in [6, 6.07) is 18.3. The Kier molecular flexibility index (Phi) is 5.93. The molecule has 0 unspecified atom stereocenters. The van der Waals surface area contributed by atoms with Gasteiger partial charge in [0.25, 0.3) is 5.91 Å². The van der Waals surface area contributed by atoms with Gasteiger partial charge in [-0.15, -0.1) is 11.3 Å². The van der Waals surface area contributed by atoms with Gasteiger partial charge in [-0.2, -0.15) is 13.2 Å². The van der Waals surface area contributed by atoms with Gasteiger partial charge in [-0.25, -0.2) is 0 Å². The van der Waals surface area contributed by atoms with Crippen molar-refractivity contribution in [2.24, 2.45) is 0 Å². The highest BCUT2D eigenvalue weighted by Crippen LogP contribution is 2.30. The Hall–Kier alpha value is -2.64. The molecule has 27 heavy (non-hydrogen) atoms.